The van der Waals surface area contributed by atoms with Crippen molar-refractivity contribution in [3.8, 4) is 0 Å². The number of allylic oxidation sites excluding steroid dienone is 2. The minimum absolute atomic E-state index is 1.30. The Morgan fingerprint density at radius 3 is 1.31 bits per heavy atom. The van der Waals surface area contributed by atoms with Gasteiger partial charge in [0.05, 0.1) is 0 Å². The Balaban J connectivity index is 1.96. The van der Waals surface area contributed by atoms with Gasteiger partial charge in [-0.2, -0.15) is 0 Å². The van der Waals surface area contributed by atoms with Gasteiger partial charge in [0.2, 0.25) is 0 Å². The zero-order valence-corrected chi connectivity index (χ0v) is 23.8. The molecule has 0 aromatic heterocycles. The van der Waals surface area contributed by atoms with Gasteiger partial charge in [-0.1, -0.05) is 0 Å². The summed E-state index contributed by atoms with van der Waals surface area (Å²) in [6.07, 6.45) is 2.52. The third-order valence-corrected chi connectivity index (χ3v) is 18.3. The summed E-state index contributed by atoms with van der Waals surface area (Å²) in [4.78, 5) is 2.73. The van der Waals surface area contributed by atoms with E-state index < -0.39 is 13.3 Å². The summed E-state index contributed by atoms with van der Waals surface area (Å²) in [5.41, 5.74) is 12.4. The first kappa shape index (κ1) is 23.6. The molecule has 0 unspecified atom stereocenters. The second-order valence-corrected chi connectivity index (χ2v) is 17.5. The summed E-state index contributed by atoms with van der Waals surface area (Å²) in [5, 5.41) is 0. The molecule has 0 N–H and O–H groups in total. The molecule has 0 aliphatic carbocycles. The van der Waals surface area contributed by atoms with E-state index in [0.29, 0.717) is 0 Å². The Kier molecular flexibility index (Phi) is 6.19. The van der Waals surface area contributed by atoms with Crippen molar-refractivity contribution < 1.29 is 0 Å². The van der Waals surface area contributed by atoms with E-state index in [1.54, 1.807) is 8.79 Å². The summed E-state index contributed by atoms with van der Waals surface area (Å²) in [7, 11) is 0. The molecule has 4 aromatic carbocycles. The van der Waals surface area contributed by atoms with E-state index in [1.807, 2.05) is 0 Å². The third-order valence-electron chi connectivity index (χ3n) is 7.43. The fraction of sp³-hybridized carbons (Fsp3) is 0.176. The predicted octanol–water partition coefficient (Wildman–Crippen LogP) is 7.36. The number of hydrogen-bond donors (Lipinski definition) is 0. The first-order valence-corrected chi connectivity index (χ1v) is 16.9. The second-order valence-electron chi connectivity index (χ2n) is 10.2. The molecule has 1 aliphatic heterocycles. The Morgan fingerprint density at radius 2 is 0.886 bits per heavy atom. The minimum atomic E-state index is -3.28. The molecule has 0 spiro atoms. The summed E-state index contributed by atoms with van der Waals surface area (Å²) in [6.45, 7) is 13.8. The van der Waals surface area contributed by atoms with E-state index >= 15 is 0 Å². The molecule has 0 nitrogen and oxygen atoms in total. The Labute approximate surface area is 213 Å². The van der Waals surface area contributed by atoms with Crippen LogP contribution >= 0.6 is 0 Å². The van der Waals surface area contributed by atoms with Crippen LogP contribution in [0.15, 0.2) is 95.9 Å². The SMILES string of the molecule is Cc1cc(C)[c]([Ge]2([c]3c(C)cc(C)cc3C)[CH]=C(c3ccccc3)C=[C]2c2ccccc2)c(C)c1. The molecule has 5 rings (SSSR count). The van der Waals surface area contributed by atoms with Gasteiger partial charge < -0.3 is 0 Å². The molecule has 0 fully saturated rings. The molecule has 174 valence electrons. The Bertz CT molecular complexity index is 1370. The van der Waals surface area contributed by atoms with Crippen LogP contribution in [-0.4, -0.2) is 13.3 Å². The quantitative estimate of drug-likeness (QED) is 0.249. The van der Waals surface area contributed by atoms with Gasteiger partial charge in [0.25, 0.3) is 0 Å². The zero-order chi connectivity index (χ0) is 24.7. The molecule has 0 saturated heterocycles. The van der Waals surface area contributed by atoms with Gasteiger partial charge in [-0.15, -0.1) is 0 Å². The first-order chi connectivity index (χ1) is 16.8. The monoisotopic (exact) mass is 516 g/mol. The van der Waals surface area contributed by atoms with Crippen molar-refractivity contribution >= 4 is 32.0 Å². The molecule has 0 atom stereocenters. The van der Waals surface area contributed by atoms with E-state index in [-0.39, 0.29) is 0 Å². The molecule has 0 radical (unpaired) electrons. The van der Waals surface area contributed by atoms with Gasteiger partial charge in [-0.25, -0.2) is 0 Å². The van der Waals surface area contributed by atoms with Crippen molar-refractivity contribution in [1.29, 1.82) is 0 Å². The van der Waals surface area contributed by atoms with Crippen molar-refractivity contribution in [2.45, 2.75) is 41.5 Å². The Hall–Kier alpha value is -3.10. The second kappa shape index (κ2) is 9.17. The average Bonchev–Trinajstić information content (AvgIpc) is 3.19. The van der Waals surface area contributed by atoms with Gasteiger partial charge in [-0.05, 0) is 0 Å². The fourth-order valence-electron chi connectivity index (χ4n) is 6.49. The van der Waals surface area contributed by atoms with Crippen LogP contribution < -0.4 is 8.79 Å². The van der Waals surface area contributed by atoms with Gasteiger partial charge in [0, 0.05) is 0 Å². The number of hydrogen-bond acceptors (Lipinski definition) is 0. The first-order valence-electron chi connectivity index (χ1n) is 12.5. The standard InChI is InChI=1S/C34H34Ge/c1-23-17-25(3)33(26(4)18-23)35(34-27(5)19-24(2)20-28(34)6)22-31(29-13-9-7-10-14-29)21-32(35)30-15-11-8-12-16-30/h7-22H,1-6H3. The molecular formula is C34H34Ge. The van der Waals surface area contributed by atoms with Crippen LogP contribution in [0, 0.1) is 41.5 Å². The van der Waals surface area contributed by atoms with E-state index in [0.717, 1.165) is 0 Å². The maximum atomic E-state index is 2.73. The fourth-order valence-corrected chi connectivity index (χ4v) is 18.5. The van der Waals surface area contributed by atoms with Gasteiger partial charge in [0.15, 0.2) is 0 Å². The molecule has 1 heterocycles. The van der Waals surface area contributed by atoms with Crippen molar-refractivity contribution in [1.82, 2.24) is 0 Å². The number of benzene rings is 4. The Morgan fingerprint density at radius 1 is 0.486 bits per heavy atom. The maximum absolute atomic E-state index is 3.28. The van der Waals surface area contributed by atoms with Crippen molar-refractivity contribution in [2.24, 2.45) is 0 Å². The van der Waals surface area contributed by atoms with Crippen LogP contribution in [0.1, 0.15) is 44.5 Å². The van der Waals surface area contributed by atoms with E-state index in [9.17, 15) is 0 Å². The average molecular weight is 515 g/mol. The van der Waals surface area contributed by atoms with Crippen LogP contribution in [0.3, 0.4) is 0 Å². The number of aryl methyl sites for hydroxylation is 6. The van der Waals surface area contributed by atoms with Gasteiger partial charge in [0.1, 0.15) is 0 Å². The van der Waals surface area contributed by atoms with E-state index in [2.05, 4.69) is 137 Å². The van der Waals surface area contributed by atoms with Crippen LogP contribution in [0.5, 0.6) is 0 Å². The topological polar surface area (TPSA) is 0 Å². The number of rotatable bonds is 4. The predicted molar refractivity (Wildman–Crippen MR) is 155 cm³/mol. The van der Waals surface area contributed by atoms with E-state index in [4.69, 9.17) is 0 Å². The van der Waals surface area contributed by atoms with E-state index in [1.165, 1.54) is 54.5 Å². The summed E-state index contributed by atoms with van der Waals surface area (Å²) >= 11 is -3.28. The normalized spacial score (nSPS) is 14.6. The van der Waals surface area contributed by atoms with Gasteiger partial charge >= 0.3 is 214 Å². The molecule has 0 bridgehead atoms. The third kappa shape index (κ3) is 4.04. The van der Waals surface area contributed by atoms with Crippen molar-refractivity contribution in [2.75, 3.05) is 0 Å². The molecule has 1 heteroatoms. The van der Waals surface area contributed by atoms with Crippen molar-refractivity contribution in [3.63, 3.8) is 0 Å². The summed E-state index contributed by atoms with van der Waals surface area (Å²) in [6, 6.07) is 31.6. The zero-order valence-electron chi connectivity index (χ0n) is 21.7. The molecule has 0 amide bonds. The van der Waals surface area contributed by atoms with Crippen LogP contribution in [0.4, 0.5) is 0 Å². The summed E-state index contributed by atoms with van der Waals surface area (Å²) < 4.78 is 4.72. The summed E-state index contributed by atoms with van der Waals surface area (Å²) in [5.74, 6) is 0. The van der Waals surface area contributed by atoms with Crippen molar-refractivity contribution in [3.05, 3.63) is 140 Å². The molecular weight excluding hydrogens is 481 g/mol. The van der Waals surface area contributed by atoms with Crippen LogP contribution in [-0.2, 0) is 0 Å². The van der Waals surface area contributed by atoms with Gasteiger partial charge in [-0.3, -0.25) is 0 Å². The van der Waals surface area contributed by atoms with Crippen LogP contribution in [0.25, 0.3) is 9.98 Å². The molecule has 4 aromatic rings. The molecule has 0 saturated carbocycles. The van der Waals surface area contributed by atoms with Crippen LogP contribution in [0.2, 0.25) is 0 Å². The molecule has 35 heavy (non-hydrogen) atoms. The molecule has 1 aliphatic rings.